The number of rotatable bonds is 3. The molecule has 0 bridgehead atoms. The largest absolute Gasteiger partial charge is 0.268 e. The minimum atomic E-state index is -0.0557. The van der Waals surface area contributed by atoms with Crippen molar-refractivity contribution < 1.29 is 0 Å². The second kappa shape index (κ2) is 7.28. The van der Waals surface area contributed by atoms with Crippen molar-refractivity contribution in [2.75, 3.05) is 0 Å². The summed E-state index contributed by atoms with van der Waals surface area (Å²) in [6.45, 7) is 1.95. The maximum atomic E-state index is 13.4. The van der Waals surface area contributed by atoms with Crippen LogP contribution >= 0.6 is 0 Å². The second-order valence-corrected chi connectivity index (χ2v) is 7.85. The first-order valence-corrected chi connectivity index (χ1v) is 10.3. The number of para-hydroxylation sites is 1. The summed E-state index contributed by atoms with van der Waals surface area (Å²) >= 11 is 0. The Morgan fingerprint density at radius 2 is 1.69 bits per heavy atom. The Labute approximate surface area is 169 Å². The van der Waals surface area contributed by atoms with E-state index in [1.54, 1.807) is 10.8 Å². The molecule has 1 aliphatic carbocycles. The third-order valence-corrected chi connectivity index (χ3v) is 5.92. The standard InChI is InChI=1S/C25H23N3O/c1-17-10-11-20(16-26-17)24-27-23-9-5-4-8-22(23)25(29)28(24)21-14-12-19(13-15-21)18-6-2-3-7-18/h4-5,8-16,18H,2-3,6-7H2,1H3. The predicted molar refractivity (Wildman–Crippen MR) is 117 cm³/mol. The molecule has 144 valence electrons. The van der Waals surface area contributed by atoms with Gasteiger partial charge in [0.2, 0.25) is 0 Å². The summed E-state index contributed by atoms with van der Waals surface area (Å²) in [6, 6.07) is 19.9. The number of aromatic nitrogens is 3. The molecule has 0 amide bonds. The first kappa shape index (κ1) is 17.8. The van der Waals surface area contributed by atoms with E-state index in [-0.39, 0.29) is 5.56 Å². The fourth-order valence-electron chi connectivity index (χ4n) is 4.32. The topological polar surface area (TPSA) is 47.8 Å². The van der Waals surface area contributed by atoms with Gasteiger partial charge in [0.25, 0.3) is 5.56 Å². The van der Waals surface area contributed by atoms with Gasteiger partial charge in [0.1, 0.15) is 5.82 Å². The van der Waals surface area contributed by atoms with Crippen LogP contribution in [-0.2, 0) is 0 Å². The van der Waals surface area contributed by atoms with Crippen LogP contribution in [0.3, 0.4) is 0 Å². The van der Waals surface area contributed by atoms with Crippen LogP contribution in [0.4, 0.5) is 0 Å². The van der Waals surface area contributed by atoms with Gasteiger partial charge in [-0.25, -0.2) is 4.98 Å². The van der Waals surface area contributed by atoms with E-state index in [2.05, 4.69) is 29.2 Å². The zero-order valence-electron chi connectivity index (χ0n) is 16.5. The highest BCUT2D eigenvalue weighted by Gasteiger charge is 2.18. The number of aryl methyl sites for hydroxylation is 1. The Morgan fingerprint density at radius 1 is 0.931 bits per heavy atom. The van der Waals surface area contributed by atoms with Crippen LogP contribution in [0.2, 0.25) is 0 Å². The number of nitrogens with zero attached hydrogens (tertiary/aromatic N) is 3. The molecule has 5 rings (SSSR count). The number of fused-ring (bicyclic) bond motifs is 1. The van der Waals surface area contributed by atoms with Gasteiger partial charge in [-0.05, 0) is 67.6 Å². The van der Waals surface area contributed by atoms with Crippen LogP contribution < -0.4 is 5.56 Å². The molecule has 0 radical (unpaired) electrons. The van der Waals surface area contributed by atoms with Gasteiger partial charge < -0.3 is 0 Å². The van der Waals surface area contributed by atoms with E-state index in [1.807, 2.05) is 43.3 Å². The first-order chi connectivity index (χ1) is 14.2. The molecule has 4 heteroatoms. The average Bonchev–Trinajstić information content (AvgIpc) is 3.29. The summed E-state index contributed by atoms with van der Waals surface area (Å²) < 4.78 is 1.72. The zero-order valence-corrected chi connectivity index (χ0v) is 16.5. The molecule has 1 saturated carbocycles. The highest BCUT2D eigenvalue weighted by molar-refractivity contribution is 5.80. The van der Waals surface area contributed by atoms with Gasteiger partial charge in [-0.1, -0.05) is 37.1 Å². The number of hydrogen-bond acceptors (Lipinski definition) is 3. The zero-order chi connectivity index (χ0) is 19.8. The smallest absolute Gasteiger partial charge is 0.266 e. The lowest BCUT2D eigenvalue weighted by Gasteiger charge is -2.15. The van der Waals surface area contributed by atoms with Crippen molar-refractivity contribution in [2.45, 2.75) is 38.5 Å². The maximum absolute atomic E-state index is 13.4. The van der Waals surface area contributed by atoms with E-state index in [1.165, 1.54) is 31.2 Å². The molecule has 0 spiro atoms. The first-order valence-electron chi connectivity index (χ1n) is 10.3. The van der Waals surface area contributed by atoms with Gasteiger partial charge in [-0.3, -0.25) is 14.3 Å². The van der Waals surface area contributed by atoms with Gasteiger partial charge in [0.05, 0.1) is 16.6 Å². The van der Waals surface area contributed by atoms with Gasteiger partial charge >= 0.3 is 0 Å². The molecule has 4 aromatic rings. The summed E-state index contributed by atoms with van der Waals surface area (Å²) in [5.41, 5.74) is 4.62. The molecule has 1 fully saturated rings. The molecule has 29 heavy (non-hydrogen) atoms. The van der Waals surface area contributed by atoms with Crippen molar-refractivity contribution in [1.29, 1.82) is 0 Å². The summed E-state index contributed by atoms with van der Waals surface area (Å²) in [5.74, 6) is 1.27. The van der Waals surface area contributed by atoms with Crippen LogP contribution in [0.15, 0.2) is 71.7 Å². The Morgan fingerprint density at radius 3 is 2.41 bits per heavy atom. The van der Waals surface area contributed by atoms with Crippen LogP contribution in [-0.4, -0.2) is 14.5 Å². The Kier molecular flexibility index (Phi) is 4.47. The van der Waals surface area contributed by atoms with Crippen molar-refractivity contribution in [1.82, 2.24) is 14.5 Å². The van der Waals surface area contributed by atoms with E-state index in [0.717, 1.165) is 16.9 Å². The van der Waals surface area contributed by atoms with Crippen molar-refractivity contribution >= 4 is 10.9 Å². The minimum Gasteiger partial charge on any atom is -0.268 e. The van der Waals surface area contributed by atoms with E-state index >= 15 is 0 Å². The van der Waals surface area contributed by atoms with E-state index in [4.69, 9.17) is 4.98 Å². The molecule has 2 aromatic heterocycles. The molecule has 2 aromatic carbocycles. The summed E-state index contributed by atoms with van der Waals surface area (Å²) in [6.07, 6.45) is 6.93. The van der Waals surface area contributed by atoms with Crippen molar-refractivity contribution in [2.24, 2.45) is 0 Å². The number of pyridine rings is 1. The SMILES string of the molecule is Cc1ccc(-c2nc3ccccc3c(=O)n2-c2ccc(C3CCCC3)cc2)cn1. The lowest BCUT2D eigenvalue weighted by atomic mass is 9.97. The molecule has 0 N–H and O–H groups in total. The van der Waals surface area contributed by atoms with Crippen LogP contribution in [0, 0.1) is 6.92 Å². The van der Waals surface area contributed by atoms with Gasteiger partial charge in [0, 0.05) is 17.5 Å². The Hall–Kier alpha value is -3.27. The molecule has 1 aliphatic rings. The van der Waals surface area contributed by atoms with Gasteiger partial charge in [0.15, 0.2) is 0 Å². The highest BCUT2D eigenvalue weighted by atomic mass is 16.1. The van der Waals surface area contributed by atoms with Gasteiger partial charge in [-0.15, -0.1) is 0 Å². The Bertz CT molecular complexity index is 1220. The van der Waals surface area contributed by atoms with E-state index in [0.29, 0.717) is 22.6 Å². The van der Waals surface area contributed by atoms with E-state index in [9.17, 15) is 4.79 Å². The monoisotopic (exact) mass is 381 g/mol. The second-order valence-electron chi connectivity index (χ2n) is 7.85. The minimum absolute atomic E-state index is 0.0557. The fraction of sp³-hybridized carbons (Fsp3) is 0.240. The average molecular weight is 381 g/mol. The lowest BCUT2D eigenvalue weighted by molar-refractivity contribution is 0.723. The Balaban J connectivity index is 1.70. The van der Waals surface area contributed by atoms with Crippen molar-refractivity contribution in [3.05, 3.63) is 88.5 Å². The third kappa shape index (κ3) is 3.25. The fourth-order valence-corrected chi connectivity index (χ4v) is 4.32. The maximum Gasteiger partial charge on any atom is 0.266 e. The summed E-state index contributed by atoms with van der Waals surface area (Å²) in [4.78, 5) is 22.7. The molecule has 4 nitrogen and oxygen atoms in total. The van der Waals surface area contributed by atoms with Crippen molar-refractivity contribution in [3.8, 4) is 17.1 Å². The summed E-state index contributed by atoms with van der Waals surface area (Å²) in [7, 11) is 0. The number of hydrogen-bond donors (Lipinski definition) is 0. The molecule has 0 saturated heterocycles. The van der Waals surface area contributed by atoms with Crippen molar-refractivity contribution in [3.63, 3.8) is 0 Å². The van der Waals surface area contributed by atoms with Gasteiger partial charge in [-0.2, -0.15) is 0 Å². The molecule has 0 aliphatic heterocycles. The van der Waals surface area contributed by atoms with Crippen LogP contribution in [0.5, 0.6) is 0 Å². The molecular formula is C25H23N3O. The van der Waals surface area contributed by atoms with Crippen LogP contribution in [0.25, 0.3) is 28.0 Å². The predicted octanol–water partition coefficient (Wildman–Crippen LogP) is 5.41. The normalized spacial score (nSPS) is 14.5. The molecule has 2 heterocycles. The van der Waals surface area contributed by atoms with Crippen LogP contribution in [0.1, 0.15) is 42.9 Å². The highest BCUT2D eigenvalue weighted by Crippen LogP contribution is 2.34. The quantitative estimate of drug-likeness (QED) is 0.476. The molecular weight excluding hydrogens is 358 g/mol. The molecule has 0 unspecified atom stereocenters. The lowest BCUT2D eigenvalue weighted by Crippen LogP contribution is -2.22. The summed E-state index contributed by atoms with van der Waals surface area (Å²) in [5, 5.41) is 0.621. The third-order valence-electron chi connectivity index (χ3n) is 5.92. The number of benzene rings is 2. The van der Waals surface area contributed by atoms with E-state index < -0.39 is 0 Å². The molecule has 0 atom stereocenters.